The van der Waals surface area contributed by atoms with Gasteiger partial charge in [-0.05, 0) is 54.4 Å². The normalized spacial score (nSPS) is 10.6. The standard InChI is InChI=1S/C24H20N4OS/c1-17-6-5-7-20(14-17)28-23(21-8-3-4-9-22(21)29-2)26-27-24(28)30-16-19-12-10-18(15-25)11-13-19/h3-14H,16H2,1-2H3. The SMILES string of the molecule is COc1ccccc1-c1nnc(SCc2ccc(C#N)cc2)n1-c1cccc(C)c1. The van der Waals surface area contributed by atoms with Gasteiger partial charge in [0.1, 0.15) is 5.75 Å². The van der Waals surface area contributed by atoms with Gasteiger partial charge in [0.05, 0.1) is 24.3 Å². The molecule has 0 radical (unpaired) electrons. The van der Waals surface area contributed by atoms with Gasteiger partial charge in [0.25, 0.3) is 0 Å². The number of hydrogen-bond acceptors (Lipinski definition) is 5. The summed E-state index contributed by atoms with van der Waals surface area (Å²) in [5.41, 5.74) is 4.83. The van der Waals surface area contributed by atoms with Crippen molar-refractivity contribution in [3.8, 4) is 28.9 Å². The van der Waals surface area contributed by atoms with Gasteiger partial charge >= 0.3 is 0 Å². The van der Waals surface area contributed by atoms with Crippen LogP contribution in [0.1, 0.15) is 16.7 Å². The summed E-state index contributed by atoms with van der Waals surface area (Å²) >= 11 is 1.61. The predicted molar refractivity (Wildman–Crippen MR) is 119 cm³/mol. The predicted octanol–water partition coefficient (Wildman–Crippen LogP) is 5.42. The zero-order valence-electron chi connectivity index (χ0n) is 16.7. The Labute approximate surface area is 180 Å². The molecule has 0 saturated heterocycles. The summed E-state index contributed by atoms with van der Waals surface area (Å²) in [5.74, 6) is 2.21. The van der Waals surface area contributed by atoms with Gasteiger partial charge in [-0.2, -0.15) is 5.26 Å². The van der Waals surface area contributed by atoms with Crippen LogP contribution in [0, 0.1) is 18.3 Å². The molecule has 0 fully saturated rings. The third-order valence-corrected chi connectivity index (χ3v) is 5.69. The van der Waals surface area contributed by atoms with Crippen molar-refractivity contribution in [2.24, 2.45) is 0 Å². The molecule has 0 bridgehead atoms. The third-order valence-electron chi connectivity index (χ3n) is 4.69. The Hall–Kier alpha value is -3.56. The van der Waals surface area contributed by atoms with Crippen LogP contribution < -0.4 is 4.74 Å². The van der Waals surface area contributed by atoms with E-state index < -0.39 is 0 Å². The molecule has 30 heavy (non-hydrogen) atoms. The Kier molecular flexibility index (Phi) is 5.82. The fraction of sp³-hybridized carbons (Fsp3) is 0.125. The lowest BCUT2D eigenvalue weighted by Gasteiger charge is -2.13. The van der Waals surface area contributed by atoms with E-state index in [1.54, 1.807) is 18.9 Å². The number of methoxy groups -OCH3 is 1. The van der Waals surface area contributed by atoms with Gasteiger partial charge in [-0.1, -0.05) is 48.2 Å². The summed E-state index contributed by atoms with van der Waals surface area (Å²) in [6.45, 7) is 2.07. The summed E-state index contributed by atoms with van der Waals surface area (Å²) in [4.78, 5) is 0. The smallest absolute Gasteiger partial charge is 0.196 e. The average molecular weight is 413 g/mol. The van der Waals surface area contributed by atoms with Gasteiger partial charge in [-0.3, -0.25) is 4.57 Å². The molecule has 148 valence electrons. The van der Waals surface area contributed by atoms with E-state index in [0.717, 1.165) is 44.9 Å². The Morgan fingerprint density at radius 3 is 2.53 bits per heavy atom. The molecule has 4 rings (SSSR count). The highest BCUT2D eigenvalue weighted by Crippen LogP contribution is 2.34. The molecule has 0 aliphatic heterocycles. The number of benzene rings is 3. The van der Waals surface area contributed by atoms with Crippen molar-refractivity contribution in [2.45, 2.75) is 17.8 Å². The number of para-hydroxylation sites is 1. The minimum absolute atomic E-state index is 0.658. The highest BCUT2D eigenvalue weighted by Gasteiger charge is 2.19. The topological polar surface area (TPSA) is 63.7 Å². The molecule has 0 amide bonds. The maximum Gasteiger partial charge on any atom is 0.196 e. The molecule has 4 aromatic rings. The zero-order chi connectivity index (χ0) is 20.9. The largest absolute Gasteiger partial charge is 0.496 e. The van der Waals surface area contributed by atoms with Crippen LogP contribution in [0.3, 0.4) is 0 Å². The van der Waals surface area contributed by atoms with Crippen molar-refractivity contribution >= 4 is 11.8 Å². The molecule has 1 aromatic heterocycles. The average Bonchev–Trinajstić information content (AvgIpc) is 3.21. The summed E-state index contributed by atoms with van der Waals surface area (Å²) in [5, 5.41) is 18.8. The second-order valence-corrected chi connectivity index (χ2v) is 7.72. The first-order valence-electron chi connectivity index (χ1n) is 9.47. The van der Waals surface area contributed by atoms with E-state index in [0.29, 0.717) is 5.56 Å². The minimum atomic E-state index is 0.658. The minimum Gasteiger partial charge on any atom is -0.496 e. The Morgan fingerprint density at radius 1 is 1.00 bits per heavy atom. The monoisotopic (exact) mass is 412 g/mol. The van der Waals surface area contributed by atoms with E-state index in [4.69, 9.17) is 10.00 Å². The number of rotatable bonds is 6. The number of nitriles is 1. The number of nitrogens with zero attached hydrogens (tertiary/aromatic N) is 4. The van der Waals surface area contributed by atoms with Gasteiger partial charge < -0.3 is 4.74 Å². The Bertz CT molecular complexity index is 1210. The van der Waals surface area contributed by atoms with E-state index in [1.165, 1.54) is 0 Å². The van der Waals surface area contributed by atoms with Crippen LogP contribution in [-0.2, 0) is 5.75 Å². The fourth-order valence-corrected chi connectivity index (χ4v) is 4.10. The first-order valence-corrected chi connectivity index (χ1v) is 10.5. The van der Waals surface area contributed by atoms with Crippen molar-refractivity contribution in [2.75, 3.05) is 7.11 Å². The van der Waals surface area contributed by atoms with Crippen molar-refractivity contribution in [1.82, 2.24) is 14.8 Å². The lowest BCUT2D eigenvalue weighted by Crippen LogP contribution is -2.01. The van der Waals surface area contributed by atoms with Crippen LogP contribution in [0.2, 0.25) is 0 Å². The quantitative estimate of drug-likeness (QED) is 0.396. The maximum absolute atomic E-state index is 8.99. The van der Waals surface area contributed by atoms with E-state index >= 15 is 0 Å². The number of hydrogen-bond donors (Lipinski definition) is 0. The summed E-state index contributed by atoms with van der Waals surface area (Å²) in [6.07, 6.45) is 0. The van der Waals surface area contributed by atoms with Crippen LogP contribution in [0.4, 0.5) is 0 Å². The number of aromatic nitrogens is 3. The molecule has 0 atom stereocenters. The molecule has 0 unspecified atom stereocenters. The van der Waals surface area contributed by atoms with Crippen molar-refractivity contribution < 1.29 is 4.74 Å². The molecular weight excluding hydrogens is 392 g/mol. The van der Waals surface area contributed by atoms with Gasteiger partial charge in [-0.25, -0.2) is 0 Å². The second-order valence-electron chi connectivity index (χ2n) is 6.78. The summed E-state index contributed by atoms with van der Waals surface area (Å²) < 4.78 is 7.63. The molecular formula is C24H20N4OS. The molecule has 0 saturated carbocycles. The van der Waals surface area contributed by atoms with Crippen LogP contribution in [-0.4, -0.2) is 21.9 Å². The number of thioether (sulfide) groups is 1. The van der Waals surface area contributed by atoms with Gasteiger partial charge in [0.15, 0.2) is 11.0 Å². The zero-order valence-corrected chi connectivity index (χ0v) is 17.6. The van der Waals surface area contributed by atoms with Crippen molar-refractivity contribution in [3.05, 3.63) is 89.5 Å². The lowest BCUT2D eigenvalue weighted by molar-refractivity contribution is 0.416. The molecule has 6 heteroatoms. The number of ether oxygens (including phenoxy) is 1. The molecule has 3 aromatic carbocycles. The van der Waals surface area contributed by atoms with Gasteiger partial charge in [-0.15, -0.1) is 10.2 Å². The lowest BCUT2D eigenvalue weighted by atomic mass is 10.1. The Morgan fingerprint density at radius 2 is 1.80 bits per heavy atom. The molecule has 0 aliphatic rings. The van der Waals surface area contributed by atoms with E-state index in [1.807, 2.05) is 54.6 Å². The molecule has 0 aliphatic carbocycles. The molecule has 5 nitrogen and oxygen atoms in total. The summed E-state index contributed by atoms with van der Waals surface area (Å²) in [7, 11) is 1.66. The summed E-state index contributed by atoms with van der Waals surface area (Å²) in [6, 6.07) is 25.9. The Balaban J connectivity index is 1.75. The molecule has 1 heterocycles. The van der Waals surface area contributed by atoms with E-state index in [-0.39, 0.29) is 0 Å². The van der Waals surface area contributed by atoms with Gasteiger partial charge in [0.2, 0.25) is 0 Å². The highest BCUT2D eigenvalue weighted by atomic mass is 32.2. The van der Waals surface area contributed by atoms with Crippen LogP contribution in [0.5, 0.6) is 5.75 Å². The highest BCUT2D eigenvalue weighted by molar-refractivity contribution is 7.98. The van der Waals surface area contributed by atoms with Crippen LogP contribution in [0.15, 0.2) is 78.0 Å². The fourth-order valence-electron chi connectivity index (χ4n) is 3.19. The maximum atomic E-state index is 8.99. The number of aryl methyl sites for hydroxylation is 1. The molecule has 0 N–H and O–H groups in total. The van der Waals surface area contributed by atoms with E-state index in [2.05, 4.69) is 46.0 Å². The molecule has 0 spiro atoms. The third kappa shape index (κ3) is 4.07. The first kappa shape index (κ1) is 19.7. The van der Waals surface area contributed by atoms with E-state index in [9.17, 15) is 0 Å². The van der Waals surface area contributed by atoms with Crippen molar-refractivity contribution in [1.29, 1.82) is 5.26 Å². The second kappa shape index (κ2) is 8.85. The van der Waals surface area contributed by atoms with Crippen molar-refractivity contribution in [3.63, 3.8) is 0 Å². The van der Waals surface area contributed by atoms with Crippen LogP contribution >= 0.6 is 11.8 Å². The van der Waals surface area contributed by atoms with Crippen LogP contribution in [0.25, 0.3) is 17.1 Å². The first-order chi connectivity index (χ1) is 14.7. The van der Waals surface area contributed by atoms with Gasteiger partial charge in [0, 0.05) is 11.4 Å².